The van der Waals surface area contributed by atoms with Gasteiger partial charge in [0.05, 0.1) is 18.9 Å². The Hall–Kier alpha value is -2.24. The largest absolute Gasteiger partial charge is 0.497 e. The maximum atomic E-state index is 12.9. The average Bonchev–Trinajstić information content (AvgIpc) is 2.60. The molecule has 1 aromatic rings. The lowest BCUT2D eigenvalue weighted by Gasteiger charge is -2.39. The summed E-state index contributed by atoms with van der Waals surface area (Å²) in [5.74, 6) is -0.0593. The van der Waals surface area contributed by atoms with Crippen LogP contribution in [0.1, 0.15) is 25.3 Å². The van der Waals surface area contributed by atoms with Gasteiger partial charge in [-0.3, -0.25) is 9.59 Å². The van der Waals surface area contributed by atoms with Crippen LogP contribution in [-0.2, 0) is 16.0 Å². The van der Waals surface area contributed by atoms with Gasteiger partial charge in [0.15, 0.2) is 0 Å². The maximum absolute atomic E-state index is 12.9. The molecule has 3 unspecified atom stereocenters. The molecule has 24 heavy (non-hydrogen) atoms. The van der Waals surface area contributed by atoms with Crippen LogP contribution in [0, 0.1) is 11.8 Å². The molecule has 6 nitrogen and oxygen atoms in total. The highest BCUT2D eigenvalue weighted by molar-refractivity contribution is 5.81. The first-order valence-corrected chi connectivity index (χ1v) is 8.32. The minimum Gasteiger partial charge on any atom is -0.497 e. The number of aliphatic carboxylic acids is 1. The second kappa shape index (κ2) is 6.71. The maximum Gasteiger partial charge on any atom is 0.308 e. The van der Waals surface area contributed by atoms with Crippen LogP contribution in [0.2, 0.25) is 0 Å². The standard InChI is InChI=1S/C18H23NO5/c1-11-3-4-12(18(21)22)9-19(11)17(20)14-7-13-8-15(23-2)5-6-16(13)24-10-14/h5-6,8,11-12,14H,3-4,7,9-10H2,1-2H3,(H,21,22). The van der Waals surface area contributed by atoms with Crippen molar-refractivity contribution in [3.05, 3.63) is 23.8 Å². The smallest absolute Gasteiger partial charge is 0.308 e. The predicted molar refractivity (Wildman–Crippen MR) is 87.2 cm³/mol. The molecule has 0 bridgehead atoms. The fraction of sp³-hybridized carbons (Fsp3) is 0.556. The lowest BCUT2D eigenvalue weighted by molar-refractivity contribution is -0.149. The van der Waals surface area contributed by atoms with Crippen LogP contribution in [0.25, 0.3) is 0 Å². The number of carboxylic acids is 1. The van der Waals surface area contributed by atoms with E-state index in [0.29, 0.717) is 19.4 Å². The number of rotatable bonds is 3. The van der Waals surface area contributed by atoms with Gasteiger partial charge in [-0.15, -0.1) is 0 Å². The summed E-state index contributed by atoms with van der Waals surface area (Å²) in [6.45, 7) is 2.60. The van der Waals surface area contributed by atoms with Crippen molar-refractivity contribution >= 4 is 11.9 Å². The monoisotopic (exact) mass is 333 g/mol. The number of fused-ring (bicyclic) bond motifs is 1. The molecule has 6 heteroatoms. The number of benzene rings is 1. The first kappa shape index (κ1) is 16.6. The molecule has 2 aliphatic rings. The Morgan fingerprint density at radius 2 is 2.08 bits per heavy atom. The minimum absolute atomic E-state index is 0.0121. The van der Waals surface area contributed by atoms with E-state index < -0.39 is 11.9 Å². The van der Waals surface area contributed by atoms with Crippen molar-refractivity contribution < 1.29 is 24.2 Å². The summed E-state index contributed by atoms with van der Waals surface area (Å²) in [6, 6.07) is 5.66. The van der Waals surface area contributed by atoms with Gasteiger partial charge in [-0.2, -0.15) is 0 Å². The summed E-state index contributed by atoms with van der Waals surface area (Å²) in [5.41, 5.74) is 0.957. The highest BCUT2D eigenvalue weighted by Gasteiger charge is 2.37. The Kier molecular flexibility index (Phi) is 4.64. The molecule has 130 valence electrons. The molecule has 0 radical (unpaired) electrons. The van der Waals surface area contributed by atoms with Crippen LogP contribution >= 0.6 is 0 Å². The van der Waals surface area contributed by atoms with Crippen molar-refractivity contribution in [3.8, 4) is 11.5 Å². The number of hydrogen-bond acceptors (Lipinski definition) is 4. The molecule has 1 aromatic carbocycles. The van der Waals surface area contributed by atoms with Crippen LogP contribution in [0.15, 0.2) is 18.2 Å². The van der Waals surface area contributed by atoms with Crippen LogP contribution in [0.3, 0.4) is 0 Å². The van der Waals surface area contributed by atoms with E-state index in [1.54, 1.807) is 12.0 Å². The molecular formula is C18H23NO5. The molecule has 2 aliphatic heterocycles. The average molecular weight is 333 g/mol. The second-order valence-electron chi connectivity index (χ2n) is 6.64. The molecule has 0 saturated carbocycles. The van der Waals surface area contributed by atoms with Crippen molar-refractivity contribution in [1.29, 1.82) is 0 Å². The van der Waals surface area contributed by atoms with E-state index in [2.05, 4.69) is 0 Å². The molecular weight excluding hydrogens is 310 g/mol. The van der Waals surface area contributed by atoms with Crippen molar-refractivity contribution in [1.82, 2.24) is 4.90 Å². The first-order valence-electron chi connectivity index (χ1n) is 8.32. The van der Waals surface area contributed by atoms with E-state index in [-0.39, 0.29) is 24.4 Å². The third-order valence-corrected chi connectivity index (χ3v) is 5.04. The van der Waals surface area contributed by atoms with E-state index in [9.17, 15) is 14.7 Å². The number of ether oxygens (including phenoxy) is 2. The van der Waals surface area contributed by atoms with E-state index in [0.717, 1.165) is 23.5 Å². The number of carbonyl (C=O) groups excluding carboxylic acids is 1. The van der Waals surface area contributed by atoms with Gasteiger partial charge in [0, 0.05) is 12.6 Å². The van der Waals surface area contributed by atoms with Gasteiger partial charge in [-0.25, -0.2) is 0 Å². The second-order valence-corrected chi connectivity index (χ2v) is 6.64. The highest BCUT2D eigenvalue weighted by Crippen LogP contribution is 2.32. The van der Waals surface area contributed by atoms with Gasteiger partial charge in [0.25, 0.3) is 0 Å². The number of carbonyl (C=O) groups is 2. The van der Waals surface area contributed by atoms with Crippen molar-refractivity contribution in [2.24, 2.45) is 11.8 Å². The van der Waals surface area contributed by atoms with E-state index in [4.69, 9.17) is 9.47 Å². The Balaban J connectivity index is 1.74. The van der Waals surface area contributed by atoms with Crippen molar-refractivity contribution in [2.75, 3.05) is 20.3 Å². The topological polar surface area (TPSA) is 76.1 Å². The lowest BCUT2D eigenvalue weighted by Crippen LogP contribution is -2.51. The molecule has 0 aliphatic carbocycles. The number of piperidine rings is 1. The number of nitrogens with zero attached hydrogens (tertiary/aromatic N) is 1. The summed E-state index contributed by atoms with van der Waals surface area (Å²) in [7, 11) is 1.61. The fourth-order valence-electron chi connectivity index (χ4n) is 3.51. The summed E-state index contributed by atoms with van der Waals surface area (Å²) in [5, 5.41) is 9.25. The number of likely N-dealkylation sites (tertiary alicyclic amines) is 1. The fourth-order valence-corrected chi connectivity index (χ4v) is 3.51. The first-order chi connectivity index (χ1) is 11.5. The molecule has 1 fully saturated rings. The van der Waals surface area contributed by atoms with Crippen molar-refractivity contribution in [2.45, 2.75) is 32.2 Å². The molecule has 1 N–H and O–H groups in total. The SMILES string of the molecule is COc1ccc2c(c1)CC(C(=O)N1CC(C(=O)O)CCC1C)CO2. The molecule has 0 aromatic heterocycles. The predicted octanol–water partition coefficient (Wildman–Crippen LogP) is 1.96. The van der Waals surface area contributed by atoms with E-state index in [1.165, 1.54) is 0 Å². The van der Waals surface area contributed by atoms with Gasteiger partial charge in [0.1, 0.15) is 18.1 Å². The molecule has 3 atom stereocenters. The van der Waals surface area contributed by atoms with Crippen LogP contribution in [-0.4, -0.2) is 48.2 Å². The molecule has 0 spiro atoms. The Morgan fingerprint density at radius 1 is 1.29 bits per heavy atom. The van der Waals surface area contributed by atoms with Gasteiger partial charge in [-0.05, 0) is 49.9 Å². The van der Waals surface area contributed by atoms with E-state index in [1.807, 2.05) is 25.1 Å². The van der Waals surface area contributed by atoms with Crippen LogP contribution < -0.4 is 9.47 Å². The molecule has 1 amide bonds. The third-order valence-electron chi connectivity index (χ3n) is 5.04. The van der Waals surface area contributed by atoms with E-state index >= 15 is 0 Å². The summed E-state index contributed by atoms with van der Waals surface area (Å²) in [4.78, 5) is 25.9. The molecule has 1 saturated heterocycles. The zero-order valence-electron chi connectivity index (χ0n) is 14.0. The Morgan fingerprint density at radius 3 is 2.79 bits per heavy atom. The van der Waals surface area contributed by atoms with Gasteiger partial charge >= 0.3 is 5.97 Å². The highest BCUT2D eigenvalue weighted by atomic mass is 16.5. The zero-order chi connectivity index (χ0) is 17.3. The Bertz CT molecular complexity index is 644. The quantitative estimate of drug-likeness (QED) is 0.915. The number of amides is 1. The lowest BCUT2D eigenvalue weighted by atomic mass is 9.90. The number of carboxylic acid groups (broad SMARTS) is 1. The third kappa shape index (κ3) is 3.18. The van der Waals surface area contributed by atoms with Crippen LogP contribution in [0.4, 0.5) is 0 Å². The normalized spacial score (nSPS) is 26.2. The van der Waals surface area contributed by atoms with Gasteiger partial charge in [-0.1, -0.05) is 0 Å². The van der Waals surface area contributed by atoms with Crippen LogP contribution in [0.5, 0.6) is 11.5 Å². The number of methoxy groups -OCH3 is 1. The minimum atomic E-state index is -0.824. The number of hydrogen-bond donors (Lipinski definition) is 1. The van der Waals surface area contributed by atoms with Gasteiger partial charge in [0.2, 0.25) is 5.91 Å². The molecule has 3 rings (SSSR count). The van der Waals surface area contributed by atoms with Crippen molar-refractivity contribution in [3.63, 3.8) is 0 Å². The summed E-state index contributed by atoms with van der Waals surface area (Å²) in [6.07, 6.45) is 1.94. The van der Waals surface area contributed by atoms with Gasteiger partial charge < -0.3 is 19.5 Å². The summed E-state index contributed by atoms with van der Waals surface area (Å²) < 4.78 is 11.0. The molecule has 2 heterocycles. The Labute approximate surface area is 141 Å². The zero-order valence-corrected chi connectivity index (χ0v) is 14.0. The summed E-state index contributed by atoms with van der Waals surface area (Å²) >= 11 is 0.